The number of rotatable bonds is 5. The van der Waals surface area contributed by atoms with Gasteiger partial charge in [0.15, 0.2) is 0 Å². The fourth-order valence-electron chi connectivity index (χ4n) is 2.14. The zero-order valence-electron chi connectivity index (χ0n) is 12.5. The molecule has 3 rings (SSSR count). The molecule has 0 atom stereocenters. The van der Waals surface area contributed by atoms with Gasteiger partial charge < -0.3 is 9.84 Å². The van der Waals surface area contributed by atoms with Gasteiger partial charge in [-0.25, -0.2) is 0 Å². The lowest BCUT2D eigenvalue weighted by atomic mass is 10.2. The highest BCUT2D eigenvalue weighted by molar-refractivity contribution is 6.43. The van der Waals surface area contributed by atoms with Crippen LogP contribution in [0.1, 0.15) is 11.3 Å². The van der Waals surface area contributed by atoms with Crippen molar-refractivity contribution in [1.29, 1.82) is 0 Å². The van der Waals surface area contributed by atoms with Gasteiger partial charge in [-0.1, -0.05) is 59.1 Å². The van der Waals surface area contributed by atoms with Crippen LogP contribution < -0.4 is 5.43 Å². The summed E-state index contributed by atoms with van der Waals surface area (Å²) in [6, 6.07) is 16.7. The minimum atomic E-state index is 0.467. The van der Waals surface area contributed by atoms with Gasteiger partial charge in [0.05, 0.1) is 22.8 Å². The molecule has 0 spiro atoms. The first kappa shape index (κ1) is 16.9. The number of hydrazone groups is 1. The average molecular weight is 380 g/mol. The molecule has 0 fully saturated rings. The van der Waals surface area contributed by atoms with Gasteiger partial charge in [0, 0.05) is 10.6 Å². The van der Waals surface area contributed by atoms with Crippen molar-refractivity contribution < 1.29 is 4.42 Å². The van der Waals surface area contributed by atoms with E-state index in [4.69, 9.17) is 39.2 Å². The van der Waals surface area contributed by atoms with Gasteiger partial charge in [-0.05, 0) is 35.9 Å². The molecule has 24 heavy (non-hydrogen) atoms. The van der Waals surface area contributed by atoms with Crippen LogP contribution >= 0.6 is 34.8 Å². The van der Waals surface area contributed by atoms with Gasteiger partial charge in [0.25, 0.3) is 0 Å². The second-order valence-electron chi connectivity index (χ2n) is 4.99. The van der Waals surface area contributed by atoms with E-state index in [0.29, 0.717) is 33.1 Å². The monoisotopic (exact) mass is 378 g/mol. The third-order valence-electron chi connectivity index (χ3n) is 3.35. The molecule has 0 aliphatic heterocycles. The van der Waals surface area contributed by atoms with Gasteiger partial charge in [-0.3, -0.25) is 0 Å². The Labute approximate surface area is 154 Å². The Morgan fingerprint density at radius 2 is 1.71 bits per heavy atom. The van der Waals surface area contributed by atoms with Crippen LogP contribution in [-0.4, -0.2) is 6.21 Å². The van der Waals surface area contributed by atoms with Crippen LogP contribution in [-0.2, 0) is 6.54 Å². The third kappa shape index (κ3) is 3.93. The Morgan fingerprint density at radius 1 is 0.917 bits per heavy atom. The van der Waals surface area contributed by atoms with Crippen molar-refractivity contribution in [1.82, 2.24) is 5.43 Å². The summed E-state index contributed by atoms with van der Waals surface area (Å²) in [6.07, 6.45) is 1.60. The van der Waals surface area contributed by atoms with Gasteiger partial charge in [0.1, 0.15) is 11.5 Å². The molecule has 2 aromatic carbocycles. The van der Waals surface area contributed by atoms with Crippen LogP contribution in [0.15, 0.2) is 64.1 Å². The van der Waals surface area contributed by atoms with Crippen LogP contribution in [0.4, 0.5) is 0 Å². The lowest BCUT2D eigenvalue weighted by Gasteiger charge is -2.03. The van der Waals surface area contributed by atoms with Crippen LogP contribution in [0.5, 0.6) is 0 Å². The minimum Gasteiger partial charge on any atom is -0.455 e. The van der Waals surface area contributed by atoms with E-state index >= 15 is 0 Å². The second-order valence-corrected chi connectivity index (χ2v) is 6.18. The first-order valence-electron chi connectivity index (χ1n) is 7.18. The summed E-state index contributed by atoms with van der Waals surface area (Å²) in [5, 5.41) is 5.80. The summed E-state index contributed by atoms with van der Waals surface area (Å²) in [5.74, 6) is 1.24. The van der Waals surface area contributed by atoms with Crippen LogP contribution in [0.2, 0.25) is 15.1 Å². The Bertz CT molecular complexity index is 874. The second kappa shape index (κ2) is 7.75. The molecule has 0 unspecified atom stereocenters. The van der Waals surface area contributed by atoms with E-state index in [-0.39, 0.29) is 0 Å². The summed E-state index contributed by atoms with van der Waals surface area (Å²) in [5.41, 5.74) is 4.66. The van der Waals surface area contributed by atoms with E-state index in [0.717, 1.165) is 11.1 Å². The molecule has 0 radical (unpaired) electrons. The molecule has 0 saturated heterocycles. The number of furan rings is 1. The van der Waals surface area contributed by atoms with E-state index in [1.54, 1.807) is 12.3 Å². The largest absolute Gasteiger partial charge is 0.455 e. The SMILES string of the molecule is Clc1ccccc1CN/N=C\c1ccc(-c2cccc(Cl)c2Cl)o1. The van der Waals surface area contributed by atoms with Gasteiger partial charge >= 0.3 is 0 Å². The van der Waals surface area contributed by atoms with Crippen molar-refractivity contribution in [2.75, 3.05) is 0 Å². The standard InChI is InChI=1S/C18H13Cl3N2O/c19-15-6-2-1-4-12(15)10-22-23-11-13-8-9-17(24-13)14-5-3-7-16(20)18(14)21/h1-9,11,22H,10H2/b23-11-. The first-order chi connectivity index (χ1) is 11.6. The maximum atomic E-state index is 6.20. The maximum absolute atomic E-state index is 6.20. The van der Waals surface area contributed by atoms with Gasteiger partial charge in [0.2, 0.25) is 0 Å². The van der Waals surface area contributed by atoms with Gasteiger partial charge in [-0.15, -0.1) is 0 Å². The molecule has 0 bridgehead atoms. The van der Waals surface area contributed by atoms with Crippen molar-refractivity contribution in [3.8, 4) is 11.3 Å². The molecule has 6 heteroatoms. The first-order valence-corrected chi connectivity index (χ1v) is 8.32. The topological polar surface area (TPSA) is 37.5 Å². The fraction of sp³-hybridized carbons (Fsp3) is 0.0556. The highest BCUT2D eigenvalue weighted by Crippen LogP contribution is 2.34. The number of hydrogen-bond acceptors (Lipinski definition) is 3. The Morgan fingerprint density at radius 3 is 2.54 bits per heavy atom. The predicted octanol–water partition coefficient (Wildman–Crippen LogP) is 6.03. The zero-order chi connectivity index (χ0) is 16.9. The molecule has 0 aliphatic rings. The van der Waals surface area contributed by atoms with Crippen LogP contribution in [0.25, 0.3) is 11.3 Å². The third-order valence-corrected chi connectivity index (χ3v) is 4.54. The van der Waals surface area contributed by atoms with Crippen LogP contribution in [0.3, 0.4) is 0 Å². The normalized spacial score (nSPS) is 11.1. The van der Waals surface area contributed by atoms with Crippen molar-refractivity contribution in [3.05, 3.63) is 81.0 Å². The smallest absolute Gasteiger partial charge is 0.147 e. The number of halogens is 3. The predicted molar refractivity (Wildman–Crippen MR) is 100 cm³/mol. The molecule has 1 N–H and O–H groups in total. The summed E-state index contributed by atoms with van der Waals surface area (Å²) >= 11 is 18.3. The zero-order valence-corrected chi connectivity index (χ0v) is 14.7. The van der Waals surface area contributed by atoms with E-state index in [1.807, 2.05) is 48.5 Å². The molecule has 1 heterocycles. The Kier molecular flexibility index (Phi) is 5.46. The van der Waals surface area contributed by atoms with Crippen LogP contribution in [0, 0.1) is 0 Å². The lowest BCUT2D eigenvalue weighted by molar-refractivity contribution is 0.573. The van der Waals surface area contributed by atoms with E-state index in [9.17, 15) is 0 Å². The molecular weight excluding hydrogens is 367 g/mol. The summed E-state index contributed by atoms with van der Waals surface area (Å²) in [7, 11) is 0. The summed E-state index contributed by atoms with van der Waals surface area (Å²) in [4.78, 5) is 0. The summed E-state index contributed by atoms with van der Waals surface area (Å²) < 4.78 is 5.72. The quantitative estimate of drug-likeness (QED) is 0.434. The minimum absolute atomic E-state index is 0.467. The molecule has 0 aliphatic carbocycles. The summed E-state index contributed by atoms with van der Waals surface area (Å²) in [6.45, 7) is 0.532. The van der Waals surface area contributed by atoms with E-state index < -0.39 is 0 Å². The average Bonchev–Trinajstić information content (AvgIpc) is 3.04. The number of benzene rings is 2. The van der Waals surface area contributed by atoms with Gasteiger partial charge in [-0.2, -0.15) is 5.10 Å². The molecule has 0 amide bonds. The van der Waals surface area contributed by atoms with E-state index in [2.05, 4.69) is 10.5 Å². The van der Waals surface area contributed by atoms with Crippen molar-refractivity contribution in [2.45, 2.75) is 6.54 Å². The van der Waals surface area contributed by atoms with Crippen molar-refractivity contribution in [3.63, 3.8) is 0 Å². The molecule has 1 aromatic heterocycles. The molecule has 3 nitrogen and oxygen atoms in total. The lowest BCUT2D eigenvalue weighted by Crippen LogP contribution is -2.05. The fourth-order valence-corrected chi connectivity index (χ4v) is 2.74. The maximum Gasteiger partial charge on any atom is 0.147 e. The highest BCUT2D eigenvalue weighted by atomic mass is 35.5. The van der Waals surface area contributed by atoms with E-state index in [1.165, 1.54) is 0 Å². The Balaban J connectivity index is 1.66. The molecule has 3 aromatic rings. The van der Waals surface area contributed by atoms with Crippen molar-refractivity contribution in [2.24, 2.45) is 5.10 Å². The molecule has 0 saturated carbocycles. The number of hydrogen-bond donors (Lipinski definition) is 1. The van der Waals surface area contributed by atoms with Crippen molar-refractivity contribution >= 4 is 41.0 Å². The number of nitrogens with zero attached hydrogens (tertiary/aromatic N) is 1. The highest BCUT2D eigenvalue weighted by Gasteiger charge is 2.10. The number of nitrogens with one attached hydrogen (secondary N) is 1. The Hall–Kier alpha value is -1.94. The molecular formula is C18H13Cl3N2O. The molecule has 122 valence electrons.